The Labute approximate surface area is 127 Å². The highest BCUT2D eigenvalue weighted by Crippen LogP contribution is 2.40. The summed E-state index contributed by atoms with van der Waals surface area (Å²) in [7, 11) is 0. The molecule has 1 N–H and O–H groups in total. The lowest BCUT2D eigenvalue weighted by atomic mass is 9.96. The molecule has 1 fully saturated rings. The van der Waals surface area contributed by atoms with E-state index in [1.165, 1.54) is 18.2 Å². The van der Waals surface area contributed by atoms with Gasteiger partial charge in [0.05, 0.1) is 11.0 Å². The highest BCUT2D eigenvalue weighted by molar-refractivity contribution is 6.32. The van der Waals surface area contributed by atoms with E-state index < -0.39 is 10.5 Å². The van der Waals surface area contributed by atoms with Crippen LogP contribution in [0.5, 0.6) is 5.75 Å². The molecule has 0 heterocycles. The molecule has 2 rings (SSSR count). The van der Waals surface area contributed by atoms with Crippen molar-refractivity contribution in [2.45, 2.75) is 25.3 Å². The van der Waals surface area contributed by atoms with E-state index in [2.05, 4.69) is 11.4 Å². The molecule has 21 heavy (non-hydrogen) atoms. The van der Waals surface area contributed by atoms with Gasteiger partial charge in [0.15, 0.2) is 0 Å². The van der Waals surface area contributed by atoms with Crippen molar-refractivity contribution in [2.24, 2.45) is 5.92 Å². The number of nitrogens with one attached hydrogen (secondary N) is 1. The Morgan fingerprint density at radius 2 is 2.33 bits per heavy atom. The lowest BCUT2D eigenvalue weighted by Crippen LogP contribution is -2.50. The quantitative estimate of drug-likeness (QED) is 0.618. The zero-order valence-corrected chi connectivity index (χ0v) is 12.4. The molecule has 1 unspecified atom stereocenters. The Morgan fingerprint density at radius 1 is 1.62 bits per heavy atom. The summed E-state index contributed by atoms with van der Waals surface area (Å²) in [6, 6.07) is 6.51. The van der Waals surface area contributed by atoms with Crippen LogP contribution in [0.2, 0.25) is 5.02 Å². The minimum atomic E-state index is -0.705. The number of nitro groups is 1. The average Bonchev–Trinajstić information content (AvgIpc) is 3.28. The summed E-state index contributed by atoms with van der Waals surface area (Å²) in [6.07, 6.45) is 2.01. The van der Waals surface area contributed by atoms with Gasteiger partial charge in [-0.05, 0) is 31.4 Å². The molecule has 1 aromatic rings. The van der Waals surface area contributed by atoms with Gasteiger partial charge in [-0.2, -0.15) is 5.26 Å². The molecule has 0 aliphatic heterocycles. The number of hydrogen-bond donors (Lipinski definition) is 1. The molecule has 1 saturated carbocycles. The van der Waals surface area contributed by atoms with Gasteiger partial charge >= 0.3 is 0 Å². The third kappa shape index (κ3) is 3.43. The summed E-state index contributed by atoms with van der Waals surface area (Å²) < 4.78 is 5.64. The molecule has 0 radical (unpaired) electrons. The number of benzene rings is 1. The van der Waals surface area contributed by atoms with Gasteiger partial charge in [-0.1, -0.05) is 18.5 Å². The summed E-state index contributed by atoms with van der Waals surface area (Å²) in [5, 5.41) is 23.4. The lowest BCUT2D eigenvalue weighted by molar-refractivity contribution is -0.384. The van der Waals surface area contributed by atoms with Gasteiger partial charge in [-0.3, -0.25) is 15.4 Å². The molecule has 1 atom stereocenters. The summed E-state index contributed by atoms with van der Waals surface area (Å²) >= 11 is 5.84. The Morgan fingerprint density at radius 3 is 2.81 bits per heavy atom. The van der Waals surface area contributed by atoms with E-state index in [9.17, 15) is 15.4 Å². The first kappa shape index (κ1) is 15.5. The molecule has 0 bridgehead atoms. The average molecular weight is 310 g/mol. The van der Waals surface area contributed by atoms with E-state index in [1.54, 1.807) is 0 Å². The van der Waals surface area contributed by atoms with E-state index in [0.717, 1.165) is 12.8 Å². The van der Waals surface area contributed by atoms with E-state index in [0.29, 0.717) is 12.3 Å². The Kier molecular flexibility index (Phi) is 4.66. The second-order valence-corrected chi connectivity index (χ2v) is 5.45. The maximum absolute atomic E-state index is 10.7. The number of ether oxygens (including phenoxy) is 1. The van der Waals surface area contributed by atoms with Gasteiger partial charge in [-0.15, -0.1) is 0 Å². The number of nitrogens with zero attached hydrogens (tertiary/aromatic N) is 2. The smallest absolute Gasteiger partial charge is 0.288 e. The predicted octanol–water partition coefficient (Wildman–Crippen LogP) is 2.91. The molecular weight excluding hydrogens is 294 g/mol. The predicted molar refractivity (Wildman–Crippen MR) is 78.3 cm³/mol. The molecule has 0 amide bonds. The summed E-state index contributed by atoms with van der Waals surface area (Å²) in [5.74, 6) is 0.708. The third-order valence-electron chi connectivity index (χ3n) is 3.55. The van der Waals surface area contributed by atoms with Crippen molar-refractivity contribution in [3.8, 4) is 11.8 Å². The first-order valence-corrected chi connectivity index (χ1v) is 7.13. The summed E-state index contributed by atoms with van der Waals surface area (Å²) in [4.78, 5) is 10.2. The van der Waals surface area contributed by atoms with Crippen molar-refractivity contribution in [2.75, 3.05) is 13.2 Å². The number of nitro benzene ring substituents is 1. The number of nitriles is 1. The van der Waals surface area contributed by atoms with Crippen molar-refractivity contribution in [1.29, 1.82) is 5.26 Å². The van der Waals surface area contributed by atoms with Gasteiger partial charge in [0.25, 0.3) is 5.69 Å². The Balaban J connectivity index is 2.09. The number of likely N-dealkylation sites (N-methyl/N-ethyl adjacent to an activating group) is 1. The van der Waals surface area contributed by atoms with Gasteiger partial charge in [0.2, 0.25) is 0 Å². The minimum Gasteiger partial charge on any atom is -0.490 e. The van der Waals surface area contributed by atoms with E-state index >= 15 is 0 Å². The molecule has 0 spiro atoms. The fraction of sp³-hybridized carbons (Fsp3) is 0.500. The van der Waals surface area contributed by atoms with Crippen LogP contribution >= 0.6 is 11.6 Å². The van der Waals surface area contributed by atoms with Gasteiger partial charge in [-0.25, -0.2) is 0 Å². The minimum absolute atomic E-state index is 0.0231. The number of rotatable bonds is 7. The molecule has 1 aliphatic carbocycles. The Bertz CT molecular complexity index is 583. The van der Waals surface area contributed by atoms with Crippen LogP contribution in [-0.4, -0.2) is 23.6 Å². The van der Waals surface area contributed by atoms with Gasteiger partial charge in [0.1, 0.15) is 22.9 Å². The van der Waals surface area contributed by atoms with Crippen molar-refractivity contribution < 1.29 is 9.66 Å². The van der Waals surface area contributed by atoms with Crippen LogP contribution in [-0.2, 0) is 0 Å². The van der Waals surface area contributed by atoms with Crippen molar-refractivity contribution in [1.82, 2.24) is 5.32 Å². The zero-order valence-electron chi connectivity index (χ0n) is 11.6. The number of halogens is 1. The van der Waals surface area contributed by atoms with Crippen LogP contribution in [0.3, 0.4) is 0 Å². The van der Waals surface area contributed by atoms with Crippen LogP contribution in [0, 0.1) is 27.4 Å². The standard InChI is InChI=1S/C14H16ClN3O3/c1-2-17-14(8-16,10-3-4-10)9-21-11-5-6-13(18(19)20)12(15)7-11/h5-7,10,17H,2-4,9H2,1H3. The fourth-order valence-electron chi connectivity index (χ4n) is 2.29. The first-order valence-electron chi connectivity index (χ1n) is 6.75. The molecule has 0 saturated heterocycles. The Hall–Kier alpha value is -1.84. The number of hydrogen-bond acceptors (Lipinski definition) is 5. The second-order valence-electron chi connectivity index (χ2n) is 5.05. The van der Waals surface area contributed by atoms with Crippen molar-refractivity contribution in [3.63, 3.8) is 0 Å². The SMILES string of the molecule is CCNC(C#N)(COc1ccc([N+](=O)[O-])c(Cl)c1)C1CC1. The van der Waals surface area contributed by atoms with Crippen molar-refractivity contribution in [3.05, 3.63) is 33.3 Å². The normalized spacial score (nSPS) is 16.8. The monoisotopic (exact) mass is 309 g/mol. The molecule has 1 aromatic carbocycles. The first-order chi connectivity index (χ1) is 10.0. The van der Waals surface area contributed by atoms with Gasteiger partial charge in [0, 0.05) is 12.1 Å². The van der Waals surface area contributed by atoms with E-state index in [4.69, 9.17) is 16.3 Å². The maximum Gasteiger partial charge on any atom is 0.288 e. The topological polar surface area (TPSA) is 88.2 Å². The van der Waals surface area contributed by atoms with Gasteiger partial charge < -0.3 is 4.74 Å². The lowest BCUT2D eigenvalue weighted by Gasteiger charge is -2.27. The van der Waals surface area contributed by atoms with E-state index in [-0.39, 0.29) is 23.2 Å². The third-order valence-corrected chi connectivity index (χ3v) is 3.85. The highest BCUT2D eigenvalue weighted by atomic mass is 35.5. The van der Waals surface area contributed by atoms with Crippen LogP contribution in [0.4, 0.5) is 5.69 Å². The van der Waals surface area contributed by atoms with Crippen LogP contribution in [0.1, 0.15) is 19.8 Å². The molecule has 1 aliphatic rings. The highest BCUT2D eigenvalue weighted by Gasteiger charge is 2.46. The zero-order chi connectivity index (χ0) is 15.5. The fourth-order valence-corrected chi connectivity index (χ4v) is 2.53. The van der Waals surface area contributed by atoms with E-state index in [1.807, 2.05) is 6.92 Å². The molecule has 7 heteroatoms. The molecular formula is C14H16ClN3O3. The maximum atomic E-state index is 10.7. The molecule has 0 aromatic heterocycles. The van der Waals surface area contributed by atoms with Crippen molar-refractivity contribution >= 4 is 17.3 Å². The van der Waals surface area contributed by atoms with Crippen LogP contribution in [0.15, 0.2) is 18.2 Å². The summed E-state index contributed by atoms with van der Waals surface area (Å²) in [6.45, 7) is 2.81. The molecule has 6 nitrogen and oxygen atoms in total. The van der Waals surface area contributed by atoms with Crippen LogP contribution in [0.25, 0.3) is 0 Å². The molecule has 112 valence electrons. The second kappa shape index (κ2) is 6.29. The summed E-state index contributed by atoms with van der Waals surface area (Å²) in [5.41, 5.74) is -0.868. The van der Waals surface area contributed by atoms with Crippen LogP contribution < -0.4 is 10.1 Å². The largest absolute Gasteiger partial charge is 0.490 e.